The van der Waals surface area contributed by atoms with Crippen LogP contribution in [0.15, 0.2) is 36.7 Å². The quantitative estimate of drug-likeness (QED) is 0.761. The van der Waals surface area contributed by atoms with E-state index in [9.17, 15) is 4.79 Å². The van der Waals surface area contributed by atoms with Gasteiger partial charge in [0.25, 0.3) is 0 Å². The fourth-order valence-electron chi connectivity index (χ4n) is 4.82. The number of nitrogens with zero attached hydrogens (tertiary/aromatic N) is 2. The fourth-order valence-corrected chi connectivity index (χ4v) is 4.82. The van der Waals surface area contributed by atoms with E-state index in [2.05, 4.69) is 33.7 Å². The molecule has 2 aliphatic rings. The van der Waals surface area contributed by atoms with Crippen molar-refractivity contribution in [3.8, 4) is 11.5 Å². The minimum absolute atomic E-state index is 0.156. The van der Waals surface area contributed by atoms with Crippen LogP contribution >= 0.6 is 0 Å². The smallest absolute Gasteiger partial charge is 0.227 e. The first-order chi connectivity index (χ1) is 14.6. The molecule has 0 saturated carbocycles. The lowest BCUT2D eigenvalue weighted by Gasteiger charge is -2.33. The van der Waals surface area contributed by atoms with E-state index in [1.807, 2.05) is 30.6 Å². The van der Waals surface area contributed by atoms with Crippen LogP contribution in [-0.4, -0.2) is 55.2 Å². The molecule has 7 heteroatoms. The summed E-state index contributed by atoms with van der Waals surface area (Å²) in [5.74, 6) is 1.79. The molecule has 1 amide bonds. The minimum atomic E-state index is 0.156. The zero-order valence-electron chi connectivity index (χ0n) is 17.9. The molecule has 0 bridgehead atoms. The summed E-state index contributed by atoms with van der Waals surface area (Å²) in [5, 5.41) is 0. The average Bonchev–Trinajstić information content (AvgIpc) is 3.43. The van der Waals surface area contributed by atoms with Crippen LogP contribution in [0.2, 0.25) is 0 Å². The number of carbonyl (C=O) groups is 1. The van der Waals surface area contributed by atoms with E-state index in [1.165, 1.54) is 11.1 Å². The molecule has 3 atom stereocenters. The molecule has 1 aromatic carbocycles. The number of pyridine rings is 1. The summed E-state index contributed by atoms with van der Waals surface area (Å²) < 4.78 is 10.7. The van der Waals surface area contributed by atoms with E-state index in [1.54, 1.807) is 14.2 Å². The van der Waals surface area contributed by atoms with Crippen molar-refractivity contribution < 1.29 is 14.3 Å². The molecule has 160 valence electrons. The Morgan fingerprint density at radius 2 is 2.07 bits per heavy atom. The summed E-state index contributed by atoms with van der Waals surface area (Å²) in [4.78, 5) is 19.5. The van der Waals surface area contributed by atoms with Gasteiger partial charge >= 0.3 is 0 Å². The Morgan fingerprint density at radius 1 is 1.23 bits per heavy atom. The molecule has 2 aliphatic heterocycles. The Hall–Kier alpha value is -2.64. The van der Waals surface area contributed by atoms with E-state index in [-0.39, 0.29) is 18.0 Å². The van der Waals surface area contributed by atoms with Gasteiger partial charge in [0.2, 0.25) is 5.91 Å². The van der Waals surface area contributed by atoms with Gasteiger partial charge in [0.1, 0.15) is 0 Å². The number of amides is 1. The number of hydrazine groups is 1. The highest BCUT2D eigenvalue weighted by Crippen LogP contribution is 2.33. The largest absolute Gasteiger partial charge is 0.493 e. The first-order valence-electron chi connectivity index (χ1n) is 10.5. The van der Waals surface area contributed by atoms with Gasteiger partial charge in [-0.15, -0.1) is 0 Å². The van der Waals surface area contributed by atoms with Crippen molar-refractivity contribution in [3.05, 3.63) is 53.3 Å². The Balaban J connectivity index is 1.50. The number of aromatic nitrogens is 1. The van der Waals surface area contributed by atoms with Crippen LogP contribution in [0.25, 0.3) is 0 Å². The van der Waals surface area contributed by atoms with E-state index in [4.69, 9.17) is 9.47 Å². The molecular formula is C23H30N4O3. The maximum atomic E-state index is 13.2. The molecule has 0 spiro atoms. The second kappa shape index (κ2) is 9.02. The predicted molar refractivity (Wildman–Crippen MR) is 115 cm³/mol. The van der Waals surface area contributed by atoms with Gasteiger partial charge in [0, 0.05) is 43.5 Å². The van der Waals surface area contributed by atoms with Crippen molar-refractivity contribution >= 4 is 5.91 Å². The standard InChI is InChI=1S/C23H30N4O3/c1-15-13-24-9-8-17(15)18-14-25-26-23(18)19-5-4-10-27(19)22(28)12-16-6-7-20(29-2)21(11-16)30-3/h6-9,11,13,18-19,23,25-26H,4-5,10,12,14H2,1-3H3. The van der Waals surface area contributed by atoms with Gasteiger partial charge in [-0.25, -0.2) is 0 Å². The number of methoxy groups -OCH3 is 2. The van der Waals surface area contributed by atoms with Crippen LogP contribution in [-0.2, 0) is 11.2 Å². The lowest BCUT2D eigenvalue weighted by Crippen LogP contribution is -2.50. The lowest BCUT2D eigenvalue weighted by atomic mass is 9.86. The number of hydrogen-bond donors (Lipinski definition) is 2. The molecule has 2 fully saturated rings. The van der Waals surface area contributed by atoms with Crippen LogP contribution in [0.5, 0.6) is 11.5 Å². The Labute approximate surface area is 177 Å². The van der Waals surface area contributed by atoms with Crippen LogP contribution in [0.4, 0.5) is 0 Å². The highest BCUT2D eigenvalue weighted by Gasteiger charge is 2.41. The number of hydrogen-bond acceptors (Lipinski definition) is 6. The SMILES string of the molecule is COc1ccc(CC(=O)N2CCCC2C2NNCC2c2ccncc2C)cc1OC. The Bertz CT molecular complexity index is 904. The molecule has 3 heterocycles. The summed E-state index contributed by atoms with van der Waals surface area (Å²) in [7, 11) is 3.22. The molecule has 30 heavy (non-hydrogen) atoms. The second-order valence-corrected chi connectivity index (χ2v) is 8.05. The Kier molecular flexibility index (Phi) is 6.20. The van der Waals surface area contributed by atoms with Crippen LogP contribution in [0.3, 0.4) is 0 Å². The average molecular weight is 411 g/mol. The summed E-state index contributed by atoms with van der Waals surface area (Å²) >= 11 is 0. The predicted octanol–water partition coefficient (Wildman–Crippen LogP) is 2.20. The van der Waals surface area contributed by atoms with Crippen molar-refractivity contribution in [3.63, 3.8) is 0 Å². The summed E-state index contributed by atoms with van der Waals surface area (Å²) in [6.07, 6.45) is 6.17. The lowest BCUT2D eigenvalue weighted by molar-refractivity contribution is -0.131. The summed E-state index contributed by atoms with van der Waals surface area (Å²) in [6, 6.07) is 8.14. The third kappa shape index (κ3) is 4.00. The first-order valence-corrected chi connectivity index (χ1v) is 10.5. The van der Waals surface area contributed by atoms with E-state index in [0.29, 0.717) is 23.8 Å². The van der Waals surface area contributed by atoms with Gasteiger partial charge in [-0.05, 0) is 54.7 Å². The van der Waals surface area contributed by atoms with E-state index in [0.717, 1.165) is 31.5 Å². The normalized spacial score (nSPS) is 23.6. The molecule has 3 unspecified atom stereocenters. The molecule has 0 aliphatic carbocycles. The van der Waals surface area contributed by atoms with Crippen molar-refractivity contribution in [2.24, 2.45) is 0 Å². The third-order valence-electron chi connectivity index (χ3n) is 6.32. The number of aryl methyl sites for hydroxylation is 1. The molecule has 1 aromatic heterocycles. The van der Waals surface area contributed by atoms with Gasteiger partial charge in [-0.3, -0.25) is 20.6 Å². The van der Waals surface area contributed by atoms with E-state index >= 15 is 0 Å². The molecule has 4 rings (SSSR count). The molecule has 2 saturated heterocycles. The molecule has 7 nitrogen and oxygen atoms in total. The summed E-state index contributed by atoms with van der Waals surface area (Å²) in [6.45, 7) is 3.76. The topological polar surface area (TPSA) is 75.7 Å². The van der Waals surface area contributed by atoms with Gasteiger partial charge in [0.15, 0.2) is 11.5 Å². The van der Waals surface area contributed by atoms with Crippen molar-refractivity contribution in [2.45, 2.75) is 44.2 Å². The minimum Gasteiger partial charge on any atom is -0.493 e. The molecule has 2 N–H and O–H groups in total. The third-order valence-corrected chi connectivity index (χ3v) is 6.32. The zero-order chi connectivity index (χ0) is 21.1. The van der Waals surface area contributed by atoms with Crippen molar-refractivity contribution in [1.29, 1.82) is 0 Å². The number of carbonyl (C=O) groups excluding carboxylic acids is 1. The fraction of sp³-hybridized carbons (Fsp3) is 0.478. The number of rotatable bonds is 6. The number of ether oxygens (including phenoxy) is 2. The van der Waals surface area contributed by atoms with Crippen molar-refractivity contribution in [1.82, 2.24) is 20.7 Å². The number of nitrogens with one attached hydrogen (secondary N) is 2. The van der Waals surface area contributed by atoms with Crippen LogP contribution < -0.4 is 20.3 Å². The maximum absolute atomic E-state index is 13.2. The maximum Gasteiger partial charge on any atom is 0.227 e. The highest BCUT2D eigenvalue weighted by atomic mass is 16.5. The second-order valence-electron chi connectivity index (χ2n) is 8.05. The summed E-state index contributed by atoms with van der Waals surface area (Å²) in [5.41, 5.74) is 10.2. The number of benzene rings is 1. The number of likely N-dealkylation sites (tertiary alicyclic amines) is 1. The van der Waals surface area contributed by atoms with Crippen LogP contribution in [0.1, 0.15) is 35.4 Å². The van der Waals surface area contributed by atoms with Crippen molar-refractivity contribution in [2.75, 3.05) is 27.3 Å². The van der Waals surface area contributed by atoms with Gasteiger partial charge in [-0.2, -0.15) is 0 Å². The van der Waals surface area contributed by atoms with E-state index < -0.39 is 0 Å². The zero-order valence-corrected chi connectivity index (χ0v) is 17.9. The molecule has 2 aromatic rings. The highest BCUT2D eigenvalue weighted by molar-refractivity contribution is 5.79. The Morgan fingerprint density at radius 3 is 2.83 bits per heavy atom. The molecule has 0 radical (unpaired) electrons. The van der Waals surface area contributed by atoms with Gasteiger partial charge in [0.05, 0.1) is 20.6 Å². The molecular weight excluding hydrogens is 380 g/mol. The van der Waals surface area contributed by atoms with Gasteiger partial charge in [-0.1, -0.05) is 6.07 Å². The van der Waals surface area contributed by atoms with Gasteiger partial charge < -0.3 is 14.4 Å². The first kappa shape index (κ1) is 20.6. The van der Waals surface area contributed by atoms with Crippen LogP contribution in [0, 0.1) is 6.92 Å². The monoisotopic (exact) mass is 410 g/mol.